The van der Waals surface area contributed by atoms with E-state index in [1.165, 1.54) is 14.0 Å². The molecule has 1 saturated heterocycles. The Morgan fingerprint density at radius 2 is 2.00 bits per heavy atom. The van der Waals surface area contributed by atoms with Crippen LogP contribution in [0.1, 0.15) is 25.8 Å². The molecule has 0 radical (unpaired) electrons. The number of carbonyl (C=O) groups excluding carboxylic acids is 4. The van der Waals surface area contributed by atoms with Crippen molar-refractivity contribution in [3.05, 3.63) is 28.8 Å². The highest BCUT2D eigenvalue weighted by molar-refractivity contribution is 6.30. The predicted molar refractivity (Wildman–Crippen MR) is 118 cm³/mol. The molecule has 4 N–H and O–H groups in total. The minimum absolute atomic E-state index is 0.00489. The summed E-state index contributed by atoms with van der Waals surface area (Å²) in [6.07, 6.45) is 0.293. The lowest BCUT2D eigenvalue weighted by atomic mass is 9.97. The number of aliphatic carboxylic acids is 1. The summed E-state index contributed by atoms with van der Waals surface area (Å²) < 4.78 is 5.31. The molecule has 0 saturated carbocycles. The Morgan fingerprint density at radius 3 is 2.61 bits per heavy atom. The minimum atomic E-state index is -1.23. The van der Waals surface area contributed by atoms with E-state index < -0.39 is 54.3 Å². The summed E-state index contributed by atoms with van der Waals surface area (Å²) in [6, 6.07) is 1.76. The van der Waals surface area contributed by atoms with Gasteiger partial charge in [0.05, 0.1) is 13.0 Å². The lowest BCUT2D eigenvalue weighted by Gasteiger charge is -2.25. The van der Waals surface area contributed by atoms with Crippen molar-refractivity contribution in [2.45, 2.75) is 38.8 Å². The number of methoxy groups -OCH3 is 1. The minimum Gasteiger partial charge on any atom is -0.496 e. The Balaban J connectivity index is 2.18. The third kappa shape index (κ3) is 6.82. The molecule has 11 nitrogen and oxygen atoms in total. The second kappa shape index (κ2) is 11.5. The molecule has 1 unspecified atom stereocenters. The molecule has 0 aliphatic carbocycles. The van der Waals surface area contributed by atoms with Crippen molar-refractivity contribution < 1.29 is 33.8 Å². The van der Waals surface area contributed by atoms with Gasteiger partial charge in [0.15, 0.2) is 0 Å². The van der Waals surface area contributed by atoms with Crippen LogP contribution in [-0.4, -0.2) is 72.0 Å². The number of carboxylic acid groups (broad SMARTS) is 1. The van der Waals surface area contributed by atoms with E-state index in [1.807, 2.05) is 0 Å². The molecule has 180 valence electrons. The number of carbonyl (C=O) groups is 5. The maximum Gasteiger partial charge on any atom is 0.325 e. The molecule has 0 aromatic heterocycles. The number of carboxylic acids is 1. The van der Waals surface area contributed by atoms with E-state index in [0.29, 0.717) is 16.3 Å². The van der Waals surface area contributed by atoms with E-state index in [9.17, 15) is 24.0 Å². The number of nitrogens with zero attached hydrogens (tertiary/aromatic N) is 1. The van der Waals surface area contributed by atoms with E-state index in [-0.39, 0.29) is 19.4 Å². The molecule has 12 heteroatoms. The standard InChI is InChI=1S/C21H27ClN4O7/c1-4-15(18(28)24-11(2)20(30)31)25-21(32)26-10-17(27)23-9-13(19(26)29)7-12-8-14(22)5-6-16(12)33-3/h5-6,8,11,13,15H,4,7,9-10H2,1-3H3,(H,23,27)(H,24,28)(H,25,32)(H,30,31)/t11-,13?,15+/m0/s1. The first-order valence-electron chi connectivity index (χ1n) is 10.3. The fourth-order valence-corrected chi connectivity index (χ4v) is 3.48. The van der Waals surface area contributed by atoms with Crippen LogP contribution in [0.25, 0.3) is 0 Å². The molecule has 1 aromatic rings. The Hall–Kier alpha value is -3.34. The molecule has 1 aliphatic heterocycles. The first-order chi connectivity index (χ1) is 15.6. The molecule has 33 heavy (non-hydrogen) atoms. The summed E-state index contributed by atoms with van der Waals surface area (Å²) in [5.41, 5.74) is 0.633. The molecule has 1 heterocycles. The smallest absolute Gasteiger partial charge is 0.325 e. The first-order valence-corrected chi connectivity index (χ1v) is 10.7. The number of hydrogen-bond donors (Lipinski definition) is 4. The monoisotopic (exact) mass is 482 g/mol. The van der Waals surface area contributed by atoms with E-state index in [0.717, 1.165) is 4.90 Å². The van der Waals surface area contributed by atoms with Gasteiger partial charge < -0.3 is 25.8 Å². The van der Waals surface area contributed by atoms with Crippen LogP contribution in [-0.2, 0) is 25.6 Å². The molecule has 2 rings (SSSR count). The van der Waals surface area contributed by atoms with Crippen LogP contribution >= 0.6 is 11.6 Å². The van der Waals surface area contributed by atoms with Crippen molar-refractivity contribution in [3.63, 3.8) is 0 Å². The van der Waals surface area contributed by atoms with Gasteiger partial charge in [-0.05, 0) is 43.5 Å². The first kappa shape index (κ1) is 25.9. The highest BCUT2D eigenvalue weighted by Crippen LogP contribution is 2.26. The summed E-state index contributed by atoms with van der Waals surface area (Å²) in [5, 5.41) is 16.7. The van der Waals surface area contributed by atoms with Crippen LogP contribution in [0.4, 0.5) is 4.79 Å². The summed E-state index contributed by atoms with van der Waals surface area (Å²) in [6.45, 7) is 2.38. The number of benzene rings is 1. The zero-order chi connectivity index (χ0) is 24.7. The summed E-state index contributed by atoms with van der Waals surface area (Å²) in [4.78, 5) is 62.2. The van der Waals surface area contributed by atoms with E-state index in [2.05, 4.69) is 16.0 Å². The summed E-state index contributed by atoms with van der Waals surface area (Å²) in [5.74, 6) is -3.36. The molecule has 1 fully saturated rings. The lowest BCUT2D eigenvalue weighted by Crippen LogP contribution is -2.55. The Bertz CT molecular complexity index is 939. The number of halogens is 1. The Labute approximate surface area is 195 Å². The number of nitrogens with one attached hydrogen (secondary N) is 3. The van der Waals surface area contributed by atoms with E-state index >= 15 is 0 Å². The Morgan fingerprint density at radius 1 is 1.30 bits per heavy atom. The van der Waals surface area contributed by atoms with Crippen LogP contribution in [0.5, 0.6) is 5.75 Å². The zero-order valence-corrected chi connectivity index (χ0v) is 19.3. The largest absolute Gasteiger partial charge is 0.496 e. The van der Waals surface area contributed by atoms with Gasteiger partial charge in [-0.15, -0.1) is 0 Å². The van der Waals surface area contributed by atoms with Crippen molar-refractivity contribution >= 4 is 41.3 Å². The van der Waals surface area contributed by atoms with Crippen molar-refractivity contribution in [1.29, 1.82) is 0 Å². The summed E-state index contributed by atoms with van der Waals surface area (Å²) in [7, 11) is 1.48. The number of urea groups is 1. The van der Waals surface area contributed by atoms with Gasteiger partial charge in [-0.1, -0.05) is 18.5 Å². The highest BCUT2D eigenvalue weighted by Gasteiger charge is 2.36. The van der Waals surface area contributed by atoms with Gasteiger partial charge in [-0.25, -0.2) is 4.79 Å². The SMILES string of the molecule is CC[C@@H](NC(=O)N1CC(=O)NCC(Cc2cc(Cl)ccc2OC)C1=O)C(=O)N[C@@H](C)C(=O)O. The fourth-order valence-electron chi connectivity index (χ4n) is 3.28. The van der Waals surface area contributed by atoms with Gasteiger partial charge in [0.1, 0.15) is 24.4 Å². The van der Waals surface area contributed by atoms with Crippen molar-refractivity contribution in [2.75, 3.05) is 20.2 Å². The number of hydrogen-bond acceptors (Lipinski definition) is 6. The number of rotatable bonds is 8. The van der Waals surface area contributed by atoms with Crippen LogP contribution in [0.3, 0.4) is 0 Å². The third-order valence-electron chi connectivity index (χ3n) is 5.17. The quantitative estimate of drug-likeness (QED) is 0.421. The van der Waals surface area contributed by atoms with Crippen LogP contribution in [0.2, 0.25) is 5.02 Å². The molecule has 1 aromatic carbocycles. The third-order valence-corrected chi connectivity index (χ3v) is 5.40. The number of imide groups is 1. The lowest BCUT2D eigenvalue weighted by molar-refractivity contribution is -0.141. The van der Waals surface area contributed by atoms with Gasteiger partial charge in [-0.2, -0.15) is 0 Å². The number of ether oxygens (including phenoxy) is 1. The van der Waals surface area contributed by atoms with Gasteiger partial charge in [0.25, 0.3) is 0 Å². The fraction of sp³-hybridized carbons (Fsp3) is 0.476. The van der Waals surface area contributed by atoms with Gasteiger partial charge in [0.2, 0.25) is 17.7 Å². The average molecular weight is 483 g/mol. The topological polar surface area (TPSA) is 154 Å². The van der Waals surface area contributed by atoms with Crippen LogP contribution < -0.4 is 20.7 Å². The van der Waals surface area contributed by atoms with Crippen molar-refractivity contribution in [2.24, 2.45) is 5.92 Å². The second-order valence-corrected chi connectivity index (χ2v) is 8.00. The van der Waals surface area contributed by atoms with Crippen LogP contribution in [0.15, 0.2) is 18.2 Å². The Kier molecular flexibility index (Phi) is 9.03. The maximum absolute atomic E-state index is 13.1. The molecule has 0 spiro atoms. The van der Waals surface area contributed by atoms with Crippen molar-refractivity contribution in [1.82, 2.24) is 20.9 Å². The van der Waals surface area contributed by atoms with E-state index in [1.54, 1.807) is 25.1 Å². The van der Waals surface area contributed by atoms with Crippen molar-refractivity contribution in [3.8, 4) is 5.75 Å². The molecular formula is C21H27ClN4O7. The number of amides is 5. The zero-order valence-electron chi connectivity index (χ0n) is 18.5. The normalized spacial score (nSPS) is 17.9. The van der Waals surface area contributed by atoms with Gasteiger partial charge in [-0.3, -0.25) is 24.1 Å². The molecule has 3 atom stereocenters. The predicted octanol–water partition coefficient (Wildman–Crippen LogP) is 0.543. The average Bonchev–Trinajstić information content (AvgIpc) is 2.90. The van der Waals surface area contributed by atoms with Gasteiger partial charge in [0, 0.05) is 11.6 Å². The van der Waals surface area contributed by atoms with Gasteiger partial charge >= 0.3 is 12.0 Å². The van der Waals surface area contributed by atoms with E-state index in [4.69, 9.17) is 21.4 Å². The second-order valence-electron chi connectivity index (χ2n) is 7.56. The van der Waals surface area contributed by atoms with Crippen LogP contribution in [0, 0.1) is 5.92 Å². The highest BCUT2D eigenvalue weighted by atomic mass is 35.5. The molecule has 0 bridgehead atoms. The molecule has 1 aliphatic rings. The maximum atomic E-state index is 13.1. The molecule has 5 amide bonds. The summed E-state index contributed by atoms with van der Waals surface area (Å²) >= 11 is 6.06. The molecular weight excluding hydrogens is 456 g/mol.